The van der Waals surface area contributed by atoms with Crippen LogP contribution in [0.15, 0.2) is 42.7 Å². The summed E-state index contributed by atoms with van der Waals surface area (Å²) in [5, 5.41) is 10.6. The van der Waals surface area contributed by atoms with Crippen molar-refractivity contribution in [2.75, 3.05) is 0 Å². The Labute approximate surface area is 121 Å². The van der Waals surface area contributed by atoms with E-state index in [1.54, 1.807) is 24.3 Å². The van der Waals surface area contributed by atoms with Gasteiger partial charge in [0.25, 0.3) is 0 Å². The molecular weight excluding hydrogens is 279 g/mol. The largest absolute Gasteiger partial charge is 0.416 e. The average Bonchev–Trinajstić information content (AvgIpc) is 2.46. The molecule has 0 fully saturated rings. The number of benzene rings is 1. The van der Waals surface area contributed by atoms with Gasteiger partial charge in [0.2, 0.25) is 0 Å². The van der Waals surface area contributed by atoms with Gasteiger partial charge in [0.1, 0.15) is 5.60 Å². The molecule has 5 heteroatoms. The number of pyridine rings is 1. The fraction of sp³-hybridized carbons (Fsp3) is 0.312. The Morgan fingerprint density at radius 1 is 1.05 bits per heavy atom. The summed E-state index contributed by atoms with van der Waals surface area (Å²) in [6.07, 6.45) is -1.58. The van der Waals surface area contributed by atoms with Gasteiger partial charge < -0.3 is 5.11 Å². The molecule has 21 heavy (non-hydrogen) atoms. The number of aryl methyl sites for hydroxylation is 1. The van der Waals surface area contributed by atoms with Crippen LogP contribution in [-0.4, -0.2) is 10.1 Å². The topological polar surface area (TPSA) is 33.1 Å². The predicted molar refractivity (Wildman–Crippen MR) is 73.7 cm³/mol. The van der Waals surface area contributed by atoms with Crippen molar-refractivity contribution in [1.82, 2.24) is 4.98 Å². The number of hydrogen-bond acceptors (Lipinski definition) is 2. The third-order valence-corrected chi connectivity index (χ3v) is 3.58. The molecule has 1 heterocycles. The van der Waals surface area contributed by atoms with E-state index in [1.165, 1.54) is 6.92 Å². The molecule has 1 unspecified atom stereocenters. The molecule has 0 radical (unpaired) electrons. The molecule has 1 aromatic carbocycles. The summed E-state index contributed by atoms with van der Waals surface area (Å²) >= 11 is 0. The Kier molecular flexibility index (Phi) is 4.05. The standard InChI is InChI=1S/C16H16F3NO/c1-3-11-4-6-12(7-5-11)15(2,21)14-10-20-9-8-13(14)16(17,18)19/h4-10,21H,3H2,1-2H3. The van der Waals surface area contributed by atoms with Gasteiger partial charge >= 0.3 is 6.18 Å². The van der Waals surface area contributed by atoms with Crippen LogP contribution in [0.4, 0.5) is 13.2 Å². The van der Waals surface area contributed by atoms with Crippen molar-refractivity contribution in [1.29, 1.82) is 0 Å². The highest BCUT2D eigenvalue weighted by Gasteiger charge is 2.39. The van der Waals surface area contributed by atoms with Crippen LogP contribution in [-0.2, 0) is 18.2 Å². The summed E-state index contributed by atoms with van der Waals surface area (Å²) in [6, 6.07) is 7.77. The lowest BCUT2D eigenvalue weighted by Gasteiger charge is -2.27. The molecule has 1 aromatic heterocycles. The highest BCUT2D eigenvalue weighted by atomic mass is 19.4. The van der Waals surface area contributed by atoms with E-state index in [-0.39, 0.29) is 5.56 Å². The first-order chi connectivity index (χ1) is 9.76. The number of nitrogens with zero attached hydrogens (tertiary/aromatic N) is 1. The molecule has 2 aromatic rings. The van der Waals surface area contributed by atoms with Gasteiger partial charge in [-0.05, 0) is 30.5 Å². The van der Waals surface area contributed by atoms with Crippen LogP contribution >= 0.6 is 0 Å². The van der Waals surface area contributed by atoms with E-state index in [9.17, 15) is 18.3 Å². The zero-order chi connectivity index (χ0) is 15.7. The van der Waals surface area contributed by atoms with Gasteiger partial charge in [0.15, 0.2) is 0 Å². The molecule has 0 aliphatic heterocycles. The van der Waals surface area contributed by atoms with E-state index in [0.717, 1.165) is 30.4 Å². The fourth-order valence-electron chi connectivity index (χ4n) is 2.25. The maximum absolute atomic E-state index is 13.1. The molecule has 0 saturated carbocycles. The maximum Gasteiger partial charge on any atom is 0.416 e. The van der Waals surface area contributed by atoms with E-state index in [1.807, 2.05) is 6.92 Å². The van der Waals surface area contributed by atoms with Crippen molar-refractivity contribution in [2.45, 2.75) is 32.0 Å². The lowest BCUT2D eigenvalue weighted by Crippen LogP contribution is -2.27. The molecule has 0 aliphatic carbocycles. The van der Waals surface area contributed by atoms with Gasteiger partial charge in [0, 0.05) is 18.0 Å². The second-order valence-electron chi connectivity index (χ2n) is 5.04. The van der Waals surface area contributed by atoms with Crippen molar-refractivity contribution in [2.24, 2.45) is 0 Å². The number of aromatic nitrogens is 1. The third kappa shape index (κ3) is 3.08. The van der Waals surface area contributed by atoms with Crippen LogP contribution in [0.3, 0.4) is 0 Å². The molecule has 0 aliphatic rings. The van der Waals surface area contributed by atoms with E-state index < -0.39 is 17.3 Å². The second kappa shape index (κ2) is 5.48. The van der Waals surface area contributed by atoms with Gasteiger partial charge in [-0.25, -0.2) is 0 Å². The normalized spacial score (nSPS) is 14.8. The highest BCUT2D eigenvalue weighted by molar-refractivity contribution is 5.40. The molecule has 0 bridgehead atoms. The smallest absolute Gasteiger partial charge is 0.381 e. The lowest BCUT2D eigenvalue weighted by atomic mass is 9.86. The molecular formula is C16H16F3NO. The van der Waals surface area contributed by atoms with Crippen LogP contribution < -0.4 is 0 Å². The average molecular weight is 295 g/mol. The zero-order valence-corrected chi connectivity index (χ0v) is 11.8. The number of hydrogen-bond donors (Lipinski definition) is 1. The highest BCUT2D eigenvalue weighted by Crippen LogP contribution is 2.38. The number of aliphatic hydroxyl groups is 1. The minimum absolute atomic E-state index is 0.248. The molecule has 2 rings (SSSR count). The Bertz CT molecular complexity index is 618. The van der Waals surface area contributed by atoms with Crippen molar-refractivity contribution >= 4 is 0 Å². The Hall–Kier alpha value is -1.88. The fourth-order valence-corrected chi connectivity index (χ4v) is 2.25. The first kappa shape index (κ1) is 15.5. The molecule has 0 amide bonds. The SMILES string of the molecule is CCc1ccc(C(C)(O)c2cnccc2C(F)(F)F)cc1. The van der Waals surface area contributed by atoms with Crippen molar-refractivity contribution < 1.29 is 18.3 Å². The van der Waals surface area contributed by atoms with Crippen molar-refractivity contribution in [3.8, 4) is 0 Å². The lowest BCUT2D eigenvalue weighted by molar-refractivity contribution is -0.140. The zero-order valence-electron chi connectivity index (χ0n) is 11.8. The van der Waals surface area contributed by atoms with Gasteiger partial charge in [-0.2, -0.15) is 13.2 Å². The monoisotopic (exact) mass is 295 g/mol. The Morgan fingerprint density at radius 3 is 2.19 bits per heavy atom. The molecule has 112 valence electrons. The van der Waals surface area contributed by atoms with Gasteiger partial charge in [-0.1, -0.05) is 31.2 Å². The number of halogens is 3. The van der Waals surface area contributed by atoms with Gasteiger partial charge in [-0.3, -0.25) is 4.98 Å². The second-order valence-corrected chi connectivity index (χ2v) is 5.04. The van der Waals surface area contributed by atoms with Gasteiger partial charge in [-0.15, -0.1) is 0 Å². The molecule has 0 spiro atoms. The summed E-state index contributed by atoms with van der Waals surface area (Å²) < 4.78 is 39.2. The van der Waals surface area contributed by atoms with Crippen LogP contribution in [0, 0.1) is 0 Å². The van der Waals surface area contributed by atoms with Crippen LogP contribution in [0.1, 0.15) is 36.1 Å². The predicted octanol–water partition coefficient (Wildman–Crippen LogP) is 3.92. The molecule has 1 N–H and O–H groups in total. The van der Waals surface area contributed by atoms with E-state index in [0.29, 0.717) is 5.56 Å². The number of rotatable bonds is 3. The van der Waals surface area contributed by atoms with Crippen LogP contribution in [0.5, 0.6) is 0 Å². The van der Waals surface area contributed by atoms with E-state index in [4.69, 9.17) is 0 Å². The van der Waals surface area contributed by atoms with Crippen LogP contribution in [0.2, 0.25) is 0 Å². The summed E-state index contributed by atoms with van der Waals surface area (Å²) in [5.41, 5.74) is -1.43. The van der Waals surface area contributed by atoms with Crippen molar-refractivity contribution in [3.05, 3.63) is 65.0 Å². The first-order valence-electron chi connectivity index (χ1n) is 6.60. The first-order valence-corrected chi connectivity index (χ1v) is 6.60. The van der Waals surface area contributed by atoms with E-state index >= 15 is 0 Å². The molecule has 0 saturated heterocycles. The maximum atomic E-state index is 13.1. The Morgan fingerprint density at radius 2 is 1.67 bits per heavy atom. The summed E-state index contributed by atoms with van der Waals surface area (Å²) in [5.74, 6) is 0. The minimum Gasteiger partial charge on any atom is -0.381 e. The quantitative estimate of drug-likeness (QED) is 0.931. The Balaban J connectivity index is 2.53. The van der Waals surface area contributed by atoms with Crippen molar-refractivity contribution in [3.63, 3.8) is 0 Å². The van der Waals surface area contributed by atoms with Gasteiger partial charge in [0.05, 0.1) is 5.56 Å². The molecule has 1 atom stereocenters. The summed E-state index contributed by atoms with van der Waals surface area (Å²) in [4.78, 5) is 3.72. The number of alkyl halides is 3. The minimum atomic E-state index is -4.54. The third-order valence-electron chi connectivity index (χ3n) is 3.58. The van der Waals surface area contributed by atoms with E-state index in [2.05, 4.69) is 4.98 Å². The molecule has 2 nitrogen and oxygen atoms in total. The van der Waals surface area contributed by atoms with Crippen LogP contribution in [0.25, 0.3) is 0 Å². The summed E-state index contributed by atoms with van der Waals surface area (Å²) in [7, 11) is 0. The summed E-state index contributed by atoms with van der Waals surface area (Å²) in [6.45, 7) is 3.33.